The number of rotatable bonds is 7. The molecule has 2 aliphatic heterocycles. The van der Waals surface area contributed by atoms with E-state index < -0.39 is 0 Å². The first-order chi connectivity index (χ1) is 16.2. The van der Waals surface area contributed by atoms with Crippen LogP contribution in [0.4, 0.5) is 5.69 Å². The highest BCUT2D eigenvalue weighted by atomic mass is 16.7. The molecule has 0 aliphatic carbocycles. The van der Waals surface area contributed by atoms with Gasteiger partial charge >= 0.3 is 0 Å². The number of piperidine rings is 1. The second kappa shape index (κ2) is 10.0. The third kappa shape index (κ3) is 4.80. The Morgan fingerprint density at radius 1 is 1.12 bits per heavy atom. The van der Waals surface area contributed by atoms with Gasteiger partial charge < -0.3 is 19.1 Å². The molecule has 7 heteroatoms. The Labute approximate surface area is 193 Å². The summed E-state index contributed by atoms with van der Waals surface area (Å²) in [6, 6.07) is 11.5. The van der Waals surface area contributed by atoms with Crippen molar-refractivity contribution < 1.29 is 19.1 Å². The molecule has 33 heavy (non-hydrogen) atoms. The number of fused-ring (bicyclic) bond motifs is 1. The van der Waals surface area contributed by atoms with Crippen molar-refractivity contribution in [2.45, 2.75) is 38.6 Å². The van der Waals surface area contributed by atoms with Gasteiger partial charge in [-0.3, -0.25) is 4.90 Å². The quantitative estimate of drug-likeness (QED) is 0.536. The molecule has 7 nitrogen and oxygen atoms in total. The molecule has 1 N–H and O–H groups in total. The molecular formula is C26H29N3O4. The third-order valence-corrected chi connectivity index (χ3v) is 6.86. The molecule has 0 spiro atoms. The molecule has 0 amide bonds. The minimum Gasteiger partial charge on any atom is -0.392 e. The number of ether oxygens (including phenoxy) is 2. The van der Waals surface area contributed by atoms with Crippen molar-refractivity contribution in [2.75, 3.05) is 32.8 Å². The van der Waals surface area contributed by atoms with Crippen molar-refractivity contribution in [3.05, 3.63) is 59.1 Å². The van der Waals surface area contributed by atoms with Gasteiger partial charge in [-0.25, -0.2) is 4.85 Å². The molecule has 3 heterocycles. The third-order valence-electron chi connectivity index (χ3n) is 6.86. The summed E-state index contributed by atoms with van der Waals surface area (Å²) < 4.78 is 16.9. The van der Waals surface area contributed by atoms with Crippen LogP contribution in [-0.4, -0.2) is 54.3 Å². The average Bonchev–Trinajstić information content (AvgIpc) is 3.53. The number of hydrogen-bond donors (Lipinski definition) is 1. The molecule has 2 fully saturated rings. The van der Waals surface area contributed by atoms with E-state index in [-0.39, 0.29) is 12.9 Å². The van der Waals surface area contributed by atoms with Crippen molar-refractivity contribution in [1.29, 1.82) is 0 Å². The maximum atomic E-state index is 10.1. The van der Waals surface area contributed by atoms with Crippen LogP contribution in [0.5, 0.6) is 0 Å². The Bertz CT molecular complexity index is 1140. The van der Waals surface area contributed by atoms with Crippen LogP contribution in [0.3, 0.4) is 0 Å². The van der Waals surface area contributed by atoms with E-state index in [1.54, 1.807) is 6.07 Å². The number of nitrogens with zero attached hydrogens (tertiary/aromatic N) is 3. The van der Waals surface area contributed by atoms with E-state index in [9.17, 15) is 5.11 Å². The first-order valence-corrected chi connectivity index (χ1v) is 11.7. The van der Waals surface area contributed by atoms with Gasteiger partial charge in [-0.1, -0.05) is 29.4 Å². The second-order valence-corrected chi connectivity index (χ2v) is 8.87. The summed E-state index contributed by atoms with van der Waals surface area (Å²) in [5.41, 5.74) is 4.66. The number of aromatic nitrogens is 1. The number of benzene rings is 2. The molecule has 172 valence electrons. The molecule has 2 aromatic carbocycles. The van der Waals surface area contributed by atoms with Gasteiger partial charge in [0.25, 0.3) is 0 Å². The van der Waals surface area contributed by atoms with Gasteiger partial charge in [-0.15, -0.1) is 0 Å². The first-order valence-electron chi connectivity index (χ1n) is 11.7. The van der Waals surface area contributed by atoms with E-state index in [2.05, 4.69) is 14.9 Å². The predicted octanol–water partition coefficient (Wildman–Crippen LogP) is 4.56. The van der Waals surface area contributed by atoms with Crippen LogP contribution in [0.15, 0.2) is 40.9 Å². The van der Waals surface area contributed by atoms with E-state index in [1.807, 2.05) is 30.3 Å². The fourth-order valence-electron chi connectivity index (χ4n) is 4.98. The predicted molar refractivity (Wildman–Crippen MR) is 125 cm³/mol. The Kier molecular flexibility index (Phi) is 6.70. The molecule has 1 aromatic heterocycles. The van der Waals surface area contributed by atoms with Crippen LogP contribution >= 0.6 is 0 Å². The molecule has 3 aromatic rings. The highest BCUT2D eigenvalue weighted by Crippen LogP contribution is 2.34. The number of likely N-dealkylation sites (tertiary alicyclic amines) is 1. The van der Waals surface area contributed by atoms with Gasteiger partial charge in [0.1, 0.15) is 0 Å². The van der Waals surface area contributed by atoms with Crippen molar-refractivity contribution in [2.24, 2.45) is 5.92 Å². The molecular weight excluding hydrogens is 418 g/mol. The minimum absolute atomic E-state index is 0.0579. The van der Waals surface area contributed by atoms with E-state index in [0.29, 0.717) is 30.4 Å². The van der Waals surface area contributed by atoms with Gasteiger partial charge in [0, 0.05) is 17.5 Å². The lowest BCUT2D eigenvalue weighted by atomic mass is 9.90. The molecule has 0 saturated carbocycles. The van der Waals surface area contributed by atoms with Crippen molar-refractivity contribution in [1.82, 2.24) is 10.1 Å². The van der Waals surface area contributed by atoms with E-state index >= 15 is 0 Å². The molecule has 5 rings (SSSR count). The van der Waals surface area contributed by atoms with Crippen LogP contribution < -0.4 is 0 Å². The highest BCUT2D eigenvalue weighted by Gasteiger charge is 2.25. The highest BCUT2D eigenvalue weighted by molar-refractivity contribution is 5.89. The number of aliphatic hydroxyl groups excluding tert-OH is 1. The first kappa shape index (κ1) is 22.1. The normalized spacial score (nSPS) is 18.2. The molecule has 2 aliphatic rings. The Balaban J connectivity index is 1.25. The summed E-state index contributed by atoms with van der Waals surface area (Å²) in [6.07, 6.45) is 4.23. The largest absolute Gasteiger partial charge is 0.392 e. The van der Waals surface area contributed by atoms with Crippen LogP contribution in [0.25, 0.3) is 26.9 Å². The van der Waals surface area contributed by atoms with Gasteiger partial charge in [0.15, 0.2) is 17.6 Å². The maximum absolute atomic E-state index is 10.1. The zero-order valence-electron chi connectivity index (χ0n) is 18.7. The fraction of sp³-hybridized carbons (Fsp3) is 0.462. The van der Waals surface area contributed by atoms with E-state index in [1.165, 1.54) is 12.8 Å². The zero-order valence-corrected chi connectivity index (χ0v) is 18.7. The lowest BCUT2D eigenvalue weighted by Crippen LogP contribution is -2.39. The summed E-state index contributed by atoms with van der Waals surface area (Å²) in [4.78, 5) is 5.95. The minimum atomic E-state index is -0.142. The lowest BCUT2D eigenvalue weighted by Gasteiger charge is -2.32. The molecule has 0 bridgehead atoms. The number of hydrogen-bond acceptors (Lipinski definition) is 6. The molecule has 0 atom stereocenters. The van der Waals surface area contributed by atoms with Crippen LogP contribution in [0.2, 0.25) is 0 Å². The second-order valence-electron chi connectivity index (χ2n) is 8.87. The summed E-state index contributed by atoms with van der Waals surface area (Å²) >= 11 is 0. The van der Waals surface area contributed by atoms with Crippen LogP contribution in [0.1, 0.15) is 30.5 Å². The topological polar surface area (TPSA) is 72.3 Å². The fourth-order valence-corrected chi connectivity index (χ4v) is 4.98. The van der Waals surface area contributed by atoms with E-state index in [4.69, 9.17) is 20.6 Å². The zero-order chi connectivity index (χ0) is 22.6. The lowest BCUT2D eigenvalue weighted by molar-refractivity contribution is -0.0661. The van der Waals surface area contributed by atoms with Crippen LogP contribution in [0, 0.1) is 12.5 Å². The Morgan fingerprint density at radius 2 is 1.94 bits per heavy atom. The van der Waals surface area contributed by atoms with Gasteiger partial charge in [0.05, 0.1) is 32.1 Å². The molecule has 0 radical (unpaired) electrons. The summed E-state index contributed by atoms with van der Waals surface area (Å²) in [7, 11) is 0. The van der Waals surface area contributed by atoms with Crippen molar-refractivity contribution >= 4 is 16.7 Å². The van der Waals surface area contributed by atoms with Gasteiger partial charge in [-0.05, 0) is 68.0 Å². The number of aryl methyl sites for hydroxylation is 1. The summed E-state index contributed by atoms with van der Waals surface area (Å²) in [5.74, 6) is 0.673. The van der Waals surface area contributed by atoms with Gasteiger partial charge in [-0.2, -0.15) is 0 Å². The van der Waals surface area contributed by atoms with E-state index in [0.717, 1.165) is 60.2 Å². The summed E-state index contributed by atoms with van der Waals surface area (Å²) in [6.45, 7) is 11.6. The van der Waals surface area contributed by atoms with Crippen molar-refractivity contribution in [3.8, 4) is 11.1 Å². The summed E-state index contributed by atoms with van der Waals surface area (Å²) in [5, 5.41) is 15.4. The Morgan fingerprint density at radius 3 is 2.70 bits per heavy atom. The average molecular weight is 448 g/mol. The molecule has 2 saturated heterocycles. The number of aliphatic hydroxyl groups is 1. The SMILES string of the molecule is [C-]#[N+]c1cccc(-c2ccc3c(CCC4CCN(CC5OCCO5)CC4)noc3c2CO)c1. The van der Waals surface area contributed by atoms with Crippen molar-refractivity contribution in [3.63, 3.8) is 0 Å². The van der Waals surface area contributed by atoms with Crippen LogP contribution in [-0.2, 0) is 22.5 Å². The van der Waals surface area contributed by atoms with Gasteiger partial charge in [0.2, 0.25) is 0 Å². The maximum Gasteiger partial charge on any atom is 0.187 e. The monoisotopic (exact) mass is 447 g/mol. The smallest absolute Gasteiger partial charge is 0.187 e. The Hall–Kier alpha value is -2.76. The molecule has 0 unspecified atom stereocenters. The standard InChI is InChI=1S/C26H29N3O4/c1-27-20-4-2-3-19(15-20)21-6-7-22-24(28-33-26(22)23(21)17-30)8-5-18-9-11-29(12-10-18)16-25-31-13-14-32-25/h2-4,6-7,15,18,25,30H,5,8-14,16-17H2.